The molecule has 0 fully saturated rings. The molecule has 106 valence electrons. The summed E-state index contributed by atoms with van der Waals surface area (Å²) in [5.74, 6) is 1.65. The Labute approximate surface area is 132 Å². The van der Waals surface area contributed by atoms with Crippen LogP contribution >= 0.6 is 27.5 Å². The van der Waals surface area contributed by atoms with Gasteiger partial charge in [-0.3, -0.25) is 0 Å². The molecule has 0 amide bonds. The van der Waals surface area contributed by atoms with Crippen molar-refractivity contribution in [3.63, 3.8) is 0 Å². The van der Waals surface area contributed by atoms with Gasteiger partial charge < -0.3 is 9.47 Å². The fraction of sp³-hybridized carbons (Fsp3) is 0.250. The number of rotatable bonds is 5. The fourth-order valence-electron chi connectivity index (χ4n) is 2.03. The first-order chi connectivity index (χ1) is 9.63. The summed E-state index contributed by atoms with van der Waals surface area (Å²) in [6.45, 7) is 0. The maximum atomic E-state index is 6.54. The van der Waals surface area contributed by atoms with Gasteiger partial charge in [-0.15, -0.1) is 11.6 Å². The monoisotopic (exact) mass is 354 g/mol. The van der Waals surface area contributed by atoms with E-state index in [-0.39, 0.29) is 5.38 Å². The first-order valence-corrected chi connectivity index (χ1v) is 7.47. The molecule has 2 rings (SSSR count). The van der Waals surface area contributed by atoms with E-state index in [1.165, 1.54) is 0 Å². The minimum atomic E-state index is -0.143. The van der Waals surface area contributed by atoms with Crippen molar-refractivity contribution >= 4 is 27.5 Å². The average Bonchev–Trinajstić information content (AvgIpc) is 2.48. The molecule has 2 aromatic rings. The zero-order valence-corrected chi connectivity index (χ0v) is 13.7. The number of ether oxygens (including phenoxy) is 2. The van der Waals surface area contributed by atoms with Crippen LogP contribution in [0.5, 0.6) is 11.5 Å². The van der Waals surface area contributed by atoms with Gasteiger partial charge in [0.15, 0.2) is 0 Å². The highest BCUT2D eigenvalue weighted by molar-refractivity contribution is 9.10. The SMILES string of the molecule is COc1ccc(CC(Cl)c2cc(Br)ccc2OC)cc1. The first-order valence-electron chi connectivity index (χ1n) is 6.24. The maximum Gasteiger partial charge on any atom is 0.123 e. The third-order valence-corrected chi connectivity index (χ3v) is 3.99. The van der Waals surface area contributed by atoms with Crippen molar-refractivity contribution in [2.75, 3.05) is 14.2 Å². The second kappa shape index (κ2) is 7.00. The predicted molar refractivity (Wildman–Crippen MR) is 86.0 cm³/mol. The molecule has 0 saturated carbocycles. The van der Waals surface area contributed by atoms with Crippen LogP contribution in [0.15, 0.2) is 46.9 Å². The Kier molecular flexibility index (Phi) is 5.32. The van der Waals surface area contributed by atoms with Gasteiger partial charge in [0.1, 0.15) is 11.5 Å². The van der Waals surface area contributed by atoms with Crippen LogP contribution < -0.4 is 9.47 Å². The Bertz CT molecular complexity index is 569. The number of hydrogen-bond donors (Lipinski definition) is 0. The lowest BCUT2D eigenvalue weighted by molar-refractivity contribution is 0.409. The minimum Gasteiger partial charge on any atom is -0.497 e. The molecule has 0 spiro atoms. The quantitative estimate of drug-likeness (QED) is 0.704. The number of methoxy groups -OCH3 is 2. The highest BCUT2D eigenvalue weighted by atomic mass is 79.9. The topological polar surface area (TPSA) is 18.5 Å². The van der Waals surface area contributed by atoms with Crippen molar-refractivity contribution in [3.05, 3.63) is 58.1 Å². The van der Waals surface area contributed by atoms with E-state index in [0.29, 0.717) is 0 Å². The molecular formula is C16H16BrClO2. The molecule has 0 aliphatic heterocycles. The van der Waals surface area contributed by atoms with E-state index in [4.69, 9.17) is 21.1 Å². The molecule has 2 aromatic carbocycles. The zero-order valence-electron chi connectivity index (χ0n) is 11.4. The Morgan fingerprint density at radius 3 is 2.35 bits per heavy atom. The van der Waals surface area contributed by atoms with Crippen molar-refractivity contribution in [2.24, 2.45) is 0 Å². The highest BCUT2D eigenvalue weighted by Crippen LogP contribution is 2.34. The van der Waals surface area contributed by atoms with Gasteiger partial charge in [-0.05, 0) is 42.3 Å². The Hall–Kier alpha value is -1.19. The molecule has 0 aliphatic carbocycles. The van der Waals surface area contributed by atoms with Gasteiger partial charge >= 0.3 is 0 Å². The van der Waals surface area contributed by atoms with E-state index >= 15 is 0 Å². The molecule has 0 aromatic heterocycles. The van der Waals surface area contributed by atoms with E-state index in [2.05, 4.69) is 15.9 Å². The van der Waals surface area contributed by atoms with E-state index in [9.17, 15) is 0 Å². The smallest absolute Gasteiger partial charge is 0.123 e. The molecule has 4 heteroatoms. The van der Waals surface area contributed by atoms with Crippen LogP contribution in [0.4, 0.5) is 0 Å². The van der Waals surface area contributed by atoms with Gasteiger partial charge in [-0.2, -0.15) is 0 Å². The molecule has 1 atom stereocenters. The standard InChI is InChI=1S/C16H16BrClO2/c1-19-13-6-3-11(4-7-13)9-15(18)14-10-12(17)5-8-16(14)20-2/h3-8,10,15H,9H2,1-2H3. The summed E-state index contributed by atoms with van der Waals surface area (Å²) in [6, 6.07) is 13.8. The summed E-state index contributed by atoms with van der Waals surface area (Å²) in [5, 5.41) is -0.143. The fourth-order valence-corrected chi connectivity index (χ4v) is 2.76. The molecule has 0 heterocycles. The summed E-state index contributed by atoms with van der Waals surface area (Å²) in [4.78, 5) is 0. The van der Waals surface area contributed by atoms with Crippen LogP contribution in [0.3, 0.4) is 0 Å². The van der Waals surface area contributed by atoms with Gasteiger partial charge in [0, 0.05) is 10.0 Å². The molecule has 0 aliphatic rings. The molecule has 0 N–H and O–H groups in total. The van der Waals surface area contributed by atoms with Gasteiger partial charge in [0.05, 0.1) is 19.6 Å². The van der Waals surface area contributed by atoms with Crippen LogP contribution in [-0.4, -0.2) is 14.2 Å². The Morgan fingerprint density at radius 1 is 1.05 bits per heavy atom. The summed E-state index contributed by atoms with van der Waals surface area (Å²) in [6.07, 6.45) is 0.734. The molecule has 0 saturated heterocycles. The predicted octanol–water partition coefficient (Wildman–Crippen LogP) is 4.99. The second-order valence-electron chi connectivity index (χ2n) is 4.41. The Balaban J connectivity index is 2.18. The van der Waals surface area contributed by atoms with Gasteiger partial charge in [-0.1, -0.05) is 28.1 Å². The van der Waals surface area contributed by atoms with E-state index in [0.717, 1.165) is 33.5 Å². The summed E-state index contributed by atoms with van der Waals surface area (Å²) < 4.78 is 11.5. The molecular weight excluding hydrogens is 340 g/mol. The van der Waals surface area contributed by atoms with Crippen LogP contribution in [0.2, 0.25) is 0 Å². The van der Waals surface area contributed by atoms with Crippen molar-refractivity contribution < 1.29 is 9.47 Å². The third kappa shape index (κ3) is 3.68. The third-order valence-electron chi connectivity index (χ3n) is 3.10. The largest absolute Gasteiger partial charge is 0.497 e. The number of benzene rings is 2. The molecule has 0 radical (unpaired) electrons. The summed E-state index contributed by atoms with van der Waals surface area (Å²) in [7, 11) is 3.31. The molecule has 0 bridgehead atoms. The van der Waals surface area contributed by atoms with Gasteiger partial charge in [0.25, 0.3) is 0 Å². The van der Waals surface area contributed by atoms with Crippen LogP contribution in [0.1, 0.15) is 16.5 Å². The van der Waals surface area contributed by atoms with Crippen molar-refractivity contribution in [2.45, 2.75) is 11.8 Å². The molecule has 20 heavy (non-hydrogen) atoms. The summed E-state index contributed by atoms with van der Waals surface area (Å²) >= 11 is 10.0. The molecule has 1 unspecified atom stereocenters. The van der Waals surface area contributed by atoms with Crippen molar-refractivity contribution in [1.82, 2.24) is 0 Å². The number of halogens is 2. The lowest BCUT2D eigenvalue weighted by Crippen LogP contribution is -1.99. The van der Waals surface area contributed by atoms with E-state index < -0.39 is 0 Å². The molecule has 2 nitrogen and oxygen atoms in total. The minimum absolute atomic E-state index is 0.143. The highest BCUT2D eigenvalue weighted by Gasteiger charge is 2.14. The normalized spacial score (nSPS) is 12.0. The zero-order chi connectivity index (χ0) is 14.5. The average molecular weight is 356 g/mol. The lowest BCUT2D eigenvalue weighted by atomic mass is 10.0. The van der Waals surface area contributed by atoms with Crippen molar-refractivity contribution in [3.8, 4) is 11.5 Å². The van der Waals surface area contributed by atoms with E-state index in [1.54, 1.807) is 14.2 Å². The van der Waals surface area contributed by atoms with Crippen molar-refractivity contribution in [1.29, 1.82) is 0 Å². The van der Waals surface area contributed by atoms with E-state index in [1.807, 2.05) is 42.5 Å². The first kappa shape index (κ1) is 15.2. The number of alkyl halides is 1. The van der Waals surface area contributed by atoms with Crippen LogP contribution in [0, 0.1) is 0 Å². The van der Waals surface area contributed by atoms with Gasteiger partial charge in [-0.25, -0.2) is 0 Å². The Morgan fingerprint density at radius 2 is 1.75 bits per heavy atom. The van der Waals surface area contributed by atoms with Gasteiger partial charge in [0.2, 0.25) is 0 Å². The second-order valence-corrected chi connectivity index (χ2v) is 5.85. The van der Waals surface area contributed by atoms with Crippen LogP contribution in [-0.2, 0) is 6.42 Å². The van der Waals surface area contributed by atoms with Crippen LogP contribution in [0.25, 0.3) is 0 Å². The summed E-state index contributed by atoms with van der Waals surface area (Å²) in [5.41, 5.74) is 2.15. The lowest BCUT2D eigenvalue weighted by Gasteiger charge is -2.15. The maximum absolute atomic E-state index is 6.54. The number of hydrogen-bond acceptors (Lipinski definition) is 2.